The van der Waals surface area contributed by atoms with Crippen molar-refractivity contribution in [2.45, 2.75) is 52.1 Å². The molecule has 1 fully saturated rings. The largest absolute Gasteiger partial charge is 0.392 e. The second kappa shape index (κ2) is 4.06. The first-order valence-electron chi connectivity index (χ1n) is 6.11. The van der Waals surface area contributed by atoms with Crippen molar-refractivity contribution in [1.29, 1.82) is 0 Å². The number of rotatable bonds is 1. The molecule has 14 heavy (non-hydrogen) atoms. The highest BCUT2D eigenvalue weighted by Crippen LogP contribution is 2.44. The summed E-state index contributed by atoms with van der Waals surface area (Å²) in [6.45, 7) is 4.62. The molecule has 1 saturated carbocycles. The van der Waals surface area contributed by atoms with Crippen molar-refractivity contribution >= 4 is 0 Å². The van der Waals surface area contributed by atoms with Gasteiger partial charge < -0.3 is 5.11 Å². The van der Waals surface area contributed by atoms with Gasteiger partial charge in [0.25, 0.3) is 0 Å². The molecular weight excluding hydrogens is 172 g/mol. The summed E-state index contributed by atoms with van der Waals surface area (Å²) in [5.41, 5.74) is 1.56. The topological polar surface area (TPSA) is 20.2 Å². The highest BCUT2D eigenvalue weighted by molar-refractivity contribution is 5.17. The second-order valence-electron chi connectivity index (χ2n) is 5.04. The average Bonchev–Trinajstić information content (AvgIpc) is 2.19. The third-order valence-corrected chi connectivity index (χ3v) is 4.26. The van der Waals surface area contributed by atoms with Crippen LogP contribution in [0, 0.1) is 17.8 Å². The Morgan fingerprint density at radius 3 is 2.93 bits per heavy atom. The van der Waals surface area contributed by atoms with E-state index in [4.69, 9.17) is 0 Å². The molecule has 1 unspecified atom stereocenters. The minimum atomic E-state index is -0.0531. The van der Waals surface area contributed by atoms with Crippen molar-refractivity contribution in [3.8, 4) is 0 Å². The average molecular weight is 194 g/mol. The first-order valence-corrected chi connectivity index (χ1v) is 6.11. The molecule has 0 aliphatic heterocycles. The van der Waals surface area contributed by atoms with Crippen LogP contribution in [0.3, 0.4) is 0 Å². The van der Waals surface area contributed by atoms with Gasteiger partial charge in [0.2, 0.25) is 0 Å². The third kappa shape index (κ3) is 1.63. The van der Waals surface area contributed by atoms with Crippen LogP contribution in [0.15, 0.2) is 11.6 Å². The van der Waals surface area contributed by atoms with Gasteiger partial charge in [-0.3, -0.25) is 0 Å². The van der Waals surface area contributed by atoms with Gasteiger partial charge in [0.05, 0.1) is 6.10 Å². The van der Waals surface area contributed by atoms with E-state index in [1.54, 1.807) is 5.57 Å². The Labute approximate surface area is 87.2 Å². The first-order chi connectivity index (χ1) is 6.74. The number of fused-ring (bicyclic) bond motifs is 1. The van der Waals surface area contributed by atoms with Gasteiger partial charge in [-0.15, -0.1) is 0 Å². The Kier molecular flexibility index (Phi) is 2.96. The van der Waals surface area contributed by atoms with Crippen LogP contribution in [0.2, 0.25) is 0 Å². The molecule has 2 aliphatic carbocycles. The molecule has 0 spiro atoms. The summed E-state index contributed by atoms with van der Waals surface area (Å²) in [4.78, 5) is 0. The van der Waals surface area contributed by atoms with Crippen LogP contribution >= 0.6 is 0 Å². The van der Waals surface area contributed by atoms with Gasteiger partial charge in [-0.2, -0.15) is 0 Å². The van der Waals surface area contributed by atoms with Crippen LogP contribution in [-0.2, 0) is 0 Å². The monoisotopic (exact) mass is 194 g/mol. The van der Waals surface area contributed by atoms with Crippen LogP contribution < -0.4 is 0 Å². The summed E-state index contributed by atoms with van der Waals surface area (Å²) < 4.78 is 0. The zero-order valence-electron chi connectivity index (χ0n) is 9.37. The van der Waals surface area contributed by atoms with Gasteiger partial charge >= 0.3 is 0 Å². The van der Waals surface area contributed by atoms with E-state index in [1.165, 1.54) is 19.3 Å². The highest BCUT2D eigenvalue weighted by Gasteiger charge is 2.38. The Morgan fingerprint density at radius 2 is 2.21 bits per heavy atom. The summed E-state index contributed by atoms with van der Waals surface area (Å²) in [5, 5.41) is 10.1. The van der Waals surface area contributed by atoms with Crippen molar-refractivity contribution in [3.05, 3.63) is 11.6 Å². The van der Waals surface area contributed by atoms with E-state index in [-0.39, 0.29) is 6.10 Å². The van der Waals surface area contributed by atoms with Crippen LogP contribution in [0.25, 0.3) is 0 Å². The van der Waals surface area contributed by atoms with Gasteiger partial charge in [0.1, 0.15) is 0 Å². The Hall–Kier alpha value is -0.300. The van der Waals surface area contributed by atoms with Crippen molar-refractivity contribution in [2.24, 2.45) is 17.8 Å². The van der Waals surface area contributed by atoms with E-state index in [0.29, 0.717) is 5.92 Å². The fourth-order valence-corrected chi connectivity index (χ4v) is 3.45. The SMILES string of the molecule is CC[C@@H]1C2C(=CCC[C@@H]2O)CC[C@@H]1C. The maximum Gasteiger partial charge on any atom is 0.0611 e. The molecule has 2 aliphatic rings. The number of hydrogen-bond donors (Lipinski definition) is 1. The molecule has 0 radical (unpaired) electrons. The van der Waals surface area contributed by atoms with E-state index >= 15 is 0 Å². The van der Waals surface area contributed by atoms with Gasteiger partial charge in [0, 0.05) is 5.92 Å². The molecule has 0 saturated heterocycles. The Bertz CT molecular complexity index is 231. The standard InChI is InChI=1S/C13H22O/c1-3-11-9(2)7-8-10-5-4-6-12(14)13(10)11/h5,9,11-14H,3-4,6-8H2,1-2H3/t9-,11-,12-,13?/m0/s1. The second-order valence-corrected chi connectivity index (χ2v) is 5.04. The molecule has 0 heterocycles. The first kappa shape index (κ1) is 10.2. The van der Waals surface area contributed by atoms with Gasteiger partial charge in [-0.1, -0.05) is 31.9 Å². The van der Waals surface area contributed by atoms with Crippen molar-refractivity contribution in [2.75, 3.05) is 0 Å². The van der Waals surface area contributed by atoms with E-state index in [0.717, 1.165) is 24.7 Å². The molecule has 0 bridgehead atoms. The normalized spacial score (nSPS) is 42.9. The molecule has 1 heteroatoms. The molecule has 0 aromatic rings. The minimum Gasteiger partial charge on any atom is -0.392 e. The molecule has 2 rings (SSSR count). The predicted octanol–water partition coefficient (Wildman–Crippen LogP) is 3.14. The molecule has 0 amide bonds. The van der Waals surface area contributed by atoms with Gasteiger partial charge in [0.15, 0.2) is 0 Å². The fraction of sp³-hybridized carbons (Fsp3) is 0.846. The lowest BCUT2D eigenvalue weighted by Gasteiger charge is -2.42. The fourth-order valence-electron chi connectivity index (χ4n) is 3.45. The third-order valence-electron chi connectivity index (χ3n) is 4.26. The summed E-state index contributed by atoms with van der Waals surface area (Å²) in [6, 6.07) is 0. The lowest BCUT2D eigenvalue weighted by atomic mass is 9.64. The summed E-state index contributed by atoms with van der Waals surface area (Å²) in [5.74, 6) is 2.03. The molecule has 0 aromatic carbocycles. The van der Waals surface area contributed by atoms with Crippen LogP contribution in [0.4, 0.5) is 0 Å². The van der Waals surface area contributed by atoms with Crippen LogP contribution in [0.5, 0.6) is 0 Å². The Balaban J connectivity index is 2.22. The van der Waals surface area contributed by atoms with Crippen LogP contribution in [0.1, 0.15) is 46.0 Å². The quantitative estimate of drug-likeness (QED) is 0.636. The van der Waals surface area contributed by atoms with Gasteiger partial charge in [-0.25, -0.2) is 0 Å². The number of aliphatic hydroxyl groups excluding tert-OH is 1. The van der Waals surface area contributed by atoms with Gasteiger partial charge in [-0.05, 0) is 37.5 Å². The number of aliphatic hydroxyl groups is 1. The highest BCUT2D eigenvalue weighted by atomic mass is 16.3. The lowest BCUT2D eigenvalue weighted by Crippen LogP contribution is -2.38. The maximum atomic E-state index is 10.1. The molecule has 1 N–H and O–H groups in total. The van der Waals surface area contributed by atoms with E-state index < -0.39 is 0 Å². The smallest absolute Gasteiger partial charge is 0.0611 e. The zero-order valence-corrected chi connectivity index (χ0v) is 9.37. The van der Waals surface area contributed by atoms with Crippen molar-refractivity contribution in [1.82, 2.24) is 0 Å². The molecule has 4 atom stereocenters. The predicted molar refractivity (Wildman–Crippen MR) is 59.0 cm³/mol. The number of allylic oxidation sites excluding steroid dienone is 1. The van der Waals surface area contributed by atoms with Crippen LogP contribution in [-0.4, -0.2) is 11.2 Å². The summed E-state index contributed by atoms with van der Waals surface area (Å²) in [7, 11) is 0. The molecule has 80 valence electrons. The summed E-state index contributed by atoms with van der Waals surface area (Å²) >= 11 is 0. The summed E-state index contributed by atoms with van der Waals surface area (Å²) in [6.07, 6.45) is 8.21. The molecule has 0 aromatic heterocycles. The lowest BCUT2D eigenvalue weighted by molar-refractivity contribution is 0.0432. The van der Waals surface area contributed by atoms with Crippen molar-refractivity contribution < 1.29 is 5.11 Å². The van der Waals surface area contributed by atoms with E-state index in [1.807, 2.05) is 0 Å². The maximum absolute atomic E-state index is 10.1. The van der Waals surface area contributed by atoms with E-state index in [9.17, 15) is 5.11 Å². The van der Waals surface area contributed by atoms with Crippen molar-refractivity contribution in [3.63, 3.8) is 0 Å². The molecule has 1 nitrogen and oxygen atoms in total. The molecular formula is C13H22O. The zero-order chi connectivity index (χ0) is 10.1. The Morgan fingerprint density at radius 1 is 1.43 bits per heavy atom. The van der Waals surface area contributed by atoms with E-state index in [2.05, 4.69) is 19.9 Å². The minimum absolute atomic E-state index is 0.0531. The number of hydrogen-bond acceptors (Lipinski definition) is 1.